The van der Waals surface area contributed by atoms with Crippen LogP contribution in [-0.4, -0.2) is 40.6 Å². The third-order valence-corrected chi connectivity index (χ3v) is 4.75. The topological polar surface area (TPSA) is 66.5 Å². The predicted octanol–water partition coefficient (Wildman–Crippen LogP) is 1.71. The fourth-order valence-corrected chi connectivity index (χ4v) is 3.28. The lowest BCUT2D eigenvalue weighted by atomic mass is 9.95. The zero-order valence-corrected chi connectivity index (χ0v) is 13.0. The summed E-state index contributed by atoms with van der Waals surface area (Å²) < 4.78 is 0.535. The number of hydrogen-bond acceptors (Lipinski definition) is 5. The van der Waals surface area contributed by atoms with Crippen molar-refractivity contribution < 1.29 is 14.4 Å². The first-order valence-corrected chi connectivity index (χ1v) is 7.33. The number of Topliss-reactive ketones (excluding diaryl/α,β-unsaturated/α-hetero) is 1. The highest BCUT2D eigenvalue weighted by Crippen LogP contribution is 2.27. The van der Waals surface area contributed by atoms with Crippen molar-refractivity contribution in [1.29, 1.82) is 0 Å². The number of nitrogens with zero attached hydrogens (tertiary/aromatic N) is 1. The number of carbonyl (C=O) groups excluding carboxylic acids is 3. The first kappa shape index (κ1) is 15.2. The molecule has 0 aromatic carbocycles. The summed E-state index contributed by atoms with van der Waals surface area (Å²) in [6.45, 7) is 5.11. The number of carbonyl (C=O) groups is 3. The maximum absolute atomic E-state index is 12.4. The highest BCUT2D eigenvalue weighted by molar-refractivity contribution is 7.18. The van der Waals surface area contributed by atoms with Gasteiger partial charge in [-0.3, -0.25) is 24.6 Å². The Morgan fingerprint density at radius 1 is 1.45 bits per heavy atom. The van der Waals surface area contributed by atoms with Crippen LogP contribution < -0.4 is 5.32 Å². The average molecular weight is 315 g/mol. The highest BCUT2D eigenvalue weighted by atomic mass is 35.5. The summed E-state index contributed by atoms with van der Waals surface area (Å²) in [4.78, 5) is 38.0. The zero-order chi connectivity index (χ0) is 15.1. The van der Waals surface area contributed by atoms with Crippen molar-refractivity contribution in [3.05, 3.63) is 21.3 Å². The Morgan fingerprint density at radius 2 is 2.10 bits per heavy atom. The maximum Gasteiger partial charge on any atom is 0.246 e. The minimum absolute atomic E-state index is 0.0186. The minimum atomic E-state index is -0.913. The number of imide groups is 1. The van der Waals surface area contributed by atoms with E-state index in [9.17, 15) is 14.4 Å². The SMILES string of the molecule is CC(C(=O)c1ccc(Cl)s1)N1CC(=O)NC(=O)C1(C)C. The van der Waals surface area contributed by atoms with E-state index >= 15 is 0 Å². The van der Waals surface area contributed by atoms with Crippen molar-refractivity contribution >= 4 is 40.5 Å². The van der Waals surface area contributed by atoms with Gasteiger partial charge in [0.15, 0.2) is 5.78 Å². The van der Waals surface area contributed by atoms with Gasteiger partial charge in [-0.1, -0.05) is 11.6 Å². The minimum Gasteiger partial charge on any atom is -0.294 e. The second kappa shape index (κ2) is 5.27. The third-order valence-electron chi connectivity index (χ3n) is 3.50. The fourth-order valence-electron chi connectivity index (χ4n) is 2.22. The molecule has 108 valence electrons. The Balaban J connectivity index is 2.26. The van der Waals surface area contributed by atoms with E-state index in [-0.39, 0.29) is 12.3 Å². The molecule has 7 heteroatoms. The molecule has 0 radical (unpaired) electrons. The summed E-state index contributed by atoms with van der Waals surface area (Å²) in [5.41, 5.74) is -0.913. The van der Waals surface area contributed by atoms with Crippen LogP contribution in [0.15, 0.2) is 12.1 Å². The van der Waals surface area contributed by atoms with Gasteiger partial charge in [-0.25, -0.2) is 0 Å². The van der Waals surface area contributed by atoms with E-state index in [2.05, 4.69) is 5.32 Å². The molecule has 0 saturated carbocycles. The number of hydrogen-bond donors (Lipinski definition) is 1. The van der Waals surface area contributed by atoms with E-state index in [1.54, 1.807) is 37.8 Å². The van der Waals surface area contributed by atoms with E-state index < -0.39 is 23.4 Å². The molecule has 1 aliphatic heterocycles. The number of amides is 2. The van der Waals surface area contributed by atoms with Crippen LogP contribution in [-0.2, 0) is 9.59 Å². The van der Waals surface area contributed by atoms with Crippen LogP contribution in [0.25, 0.3) is 0 Å². The summed E-state index contributed by atoms with van der Waals surface area (Å²) >= 11 is 7.03. The second-order valence-corrected chi connectivity index (χ2v) is 6.92. The van der Waals surface area contributed by atoms with Crippen molar-refractivity contribution in [2.24, 2.45) is 0 Å². The number of rotatable bonds is 3. The monoisotopic (exact) mass is 314 g/mol. The summed E-state index contributed by atoms with van der Waals surface area (Å²) in [6.07, 6.45) is 0. The first-order valence-electron chi connectivity index (χ1n) is 6.14. The number of ketones is 1. The molecular formula is C13H15ClN2O3S. The number of thiophene rings is 1. The summed E-state index contributed by atoms with van der Waals surface area (Å²) in [7, 11) is 0. The van der Waals surface area contributed by atoms with Crippen LogP contribution in [0.4, 0.5) is 0 Å². The largest absolute Gasteiger partial charge is 0.294 e. The van der Waals surface area contributed by atoms with Gasteiger partial charge in [0.1, 0.15) is 0 Å². The Hall–Kier alpha value is -1.24. The molecule has 1 N–H and O–H groups in total. The Morgan fingerprint density at radius 3 is 2.65 bits per heavy atom. The van der Waals surface area contributed by atoms with Crippen LogP contribution in [0.3, 0.4) is 0 Å². The Labute approximate surface area is 125 Å². The van der Waals surface area contributed by atoms with E-state index in [4.69, 9.17) is 11.6 Å². The van der Waals surface area contributed by atoms with Crippen molar-refractivity contribution in [3.8, 4) is 0 Å². The van der Waals surface area contributed by atoms with Crippen molar-refractivity contribution in [3.63, 3.8) is 0 Å². The van der Waals surface area contributed by atoms with Gasteiger partial charge < -0.3 is 0 Å². The first-order chi connectivity index (χ1) is 9.23. The molecule has 1 aliphatic rings. The number of halogens is 1. The van der Waals surface area contributed by atoms with Crippen molar-refractivity contribution in [1.82, 2.24) is 10.2 Å². The van der Waals surface area contributed by atoms with Gasteiger partial charge in [0.05, 0.1) is 27.3 Å². The van der Waals surface area contributed by atoms with Crippen LogP contribution in [0.5, 0.6) is 0 Å². The van der Waals surface area contributed by atoms with Gasteiger partial charge in [-0.2, -0.15) is 0 Å². The van der Waals surface area contributed by atoms with Crippen LogP contribution in [0.2, 0.25) is 4.34 Å². The molecule has 2 heterocycles. The summed E-state index contributed by atoms with van der Waals surface area (Å²) in [5, 5.41) is 2.29. The Bertz CT molecular complexity index is 582. The number of piperazine rings is 1. The maximum atomic E-state index is 12.4. The normalized spacial score (nSPS) is 20.6. The molecule has 2 rings (SSSR count). The lowest BCUT2D eigenvalue weighted by Crippen LogP contribution is -2.67. The molecule has 1 aromatic rings. The molecule has 1 unspecified atom stereocenters. The predicted molar refractivity (Wildman–Crippen MR) is 77.1 cm³/mol. The number of nitrogens with one attached hydrogen (secondary N) is 1. The lowest BCUT2D eigenvalue weighted by Gasteiger charge is -2.42. The second-order valence-electron chi connectivity index (χ2n) is 5.21. The molecule has 1 atom stereocenters. The zero-order valence-electron chi connectivity index (χ0n) is 11.4. The van der Waals surface area contributed by atoms with Gasteiger partial charge in [-0.05, 0) is 32.9 Å². The van der Waals surface area contributed by atoms with Gasteiger partial charge in [0, 0.05) is 0 Å². The van der Waals surface area contributed by atoms with Gasteiger partial charge in [-0.15, -0.1) is 11.3 Å². The molecule has 0 aliphatic carbocycles. The van der Waals surface area contributed by atoms with E-state index in [0.717, 1.165) is 0 Å². The van der Waals surface area contributed by atoms with Gasteiger partial charge in [0.2, 0.25) is 11.8 Å². The molecule has 0 spiro atoms. The van der Waals surface area contributed by atoms with Gasteiger partial charge in [0.25, 0.3) is 0 Å². The lowest BCUT2D eigenvalue weighted by molar-refractivity contribution is -0.146. The third kappa shape index (κ3) is 2.63. The fraction of sp³-hybridized carbons (Fsp3) is 0.462. The van der Waals surface area contributed by atoms with Crippen molar-refractivity contribution in [2.75, 3.05) is 6.54 Å². The van der Waals surface area contributed by atoms with E-state index in [1.165, 1.54) is 11.3 Å². The molecule has 1 fully saturated rings. The highest BCUT2D eigenvalue weighted by Gasteiger charge is 2.44. The van der Waals surface area contributed by atoms with E-state index in [0.29, 0.717) is 9.21 Å². The molecular weight excluding hydrogens is 300 g/mol. The van der Waals surface area contributed by atoms with Crippen LogP contribution in [0.1, 0.15) is 30.4 Å². The van der Waals surface area contributed by atoms with Crippen molar-refractivity contribution in [2.45, 2.75) is 32.4 Å². The standard InChI is InChI=1S/C13H15ClN2O3S/c1-7(11(18)8-4-5-9(14)20-8)16-6-10(17)15-12(19)13(16,2)3/h4-5,7H,6H2,1-3H3,(H,15,17,19). The van der Waals surface area contributed by atoms with E-state index in [1.807, 2.05) is 0 Å². The Kier molecular flexibility index (Phi) is 4.00. The van der Waals surface area contributed by atoms with Gasteiger partial charge >= 0.3 is 0 Å². The average Bonchev–Trinajstić information content (AvgIpc) is 2.79. The molecule has 20 heavy (non-hydrogen) atoms. The van der Waals surface area contributed by atoms with Crippen LogP contribution >= 0.6 is 22.9 Å². The molecule has 5 nitrogen and oxygen atoms in total. The molecule has 0 bridgehead atoms. The molecule has 2 amide bonds. The smallest absolute Gasteiger partial charge is 0.246 e. The molecule has 1 aromatic heterocycles. The molecule has 1 saturated heterocycles. The van der Waals surface area contributed by atoms with Crippen LogP contribution in [0, 0.1) is 0 Å². The summed E-state index contributed by atoms with van der Waals surface area (Å²) in [5.74, 6) is -0.923. The quantitative estimate of drug-likeness (QED) is 0.681. The summed E-state index contributed by atoms with van der Waals surface area (Å²) in [6, 6.07) is 2.74.